The largest absolute Gasteiger partial charge is 0.416 e. The lowest BCUT2D eigenvalue weighted by molar-refractivity contribution is -0.137. The molecular weight excluding hydrogens is 433 g/mol. The first-order chi connectivity index (χ1) is 15.2. The van der Waals surface area contributed by atoms with Gasteiger partial charge in [0.05, 0.1) is 11.1 Å². The number of fused-ring (bicyclic) bond motifs is 1. The van der Waals surface area contributed by atoms with Gasteiger partial charge in [-0.1, -0.05) is 17.7 Å². The second kappa shape index (κ2) is 8.94. The maximum atomic E-state index is 13.3. The Hall–Kier alpha value is -2.87. The molecular formula is C24H25F3N4S. The monoisotopic (exact) mass is 458 g/mol. The van der Waals surface area contributed by atoms with Crippen molar-refractivity contribution in [2.75, 3.05) is 23.3 Å². The average Bonchev–Trinajstić information content (AvgIpc) is 2.74. The first-order valence-corrected chi connectivity index (χ1v) is 11.0. The standard InChI is InChI=1S/C24H25F3N4S/c1-15-3-6-18(7-4-15)29-23(32)30-19-9-11-31(12-10-19)22-13-16(2)28-21-8-5-17(14-20(21)22)24(25,26)27/h3-8,13-14,19H,9-12H2,1-2H3,(H2,29,30,32). The Morgan fingerprint density at radius 2 is 1.72 bits per heavy atom. The van der Waals surface area contributed by atoms with Gasteiger partial charge in [-0.3, -0.25) is 4.98 Å². The van der Waals surface area contributed by atoms with E-state index in [0.29, 0.717) is 16.0 Å². The zero-order chi connectivity index (χ0) is 22.9. The number of halogens is 3. The summed E-state index contributed by atoms with van der Waals surface area (Å²) in [6, 6.07) is 13.9. The minimum atomic E-state index is -4.38. The van der Waals surface area contributed by atoms with Crippen LogP contribution in [0.5, 0.6) is 0 Å². The first kappa shape index (κ1) is 22.3. The van der Waals surface area contributed by atoms with Gasteiger partial charge in [0.25, 0.3) is 0 Å². The highest BCUT2D eigenvalue weighted by Crippen LogP contribution is 2.35. The summed E-state index contributed by atoms with van der Waals surface area (Å²) >= 11 is 5.45. The Kier molecular flexibility index (Phi) is 6.24. The number of nitrogens with one attached hydrogen (secondary N) is 2. The van der Waals surface area contributed by atoms with Gasteiger partial charge in [0.15, 0.2) is 5.11 Å². The van der Waals surface area contributed by atoms with Crippen LogP contribution in [0, 0.1) is 13.8 Å². The highest BCUT2D eigenvalue weighted by atomic mass is 32.1. The van der Waals surface area contributed by atoms with E-state index in [1.54, 1.807) is 0 Å². The molecule has 32 heavy (non-hydrogen) atoms. The molecule has 0 unspecified atom stereocenters. The molecule has 3 aromatic rings. The number of aryl methyl sites for hydroxylation is 2. The second-order valence-electron chi connectivity index (χ2n) is 8.24. The summed E-state index contributed by atoms with van der Waals surface area (Å²) in [5.74, 6) is 0. The van der Waals surface area contributed by atoms with Crippen molar-refractivity contribution in [3.63, 3.8) is 0 Å². The fourth-order valence-electron chi connectivity index (χ4n) is 4.03. The number of anilines is 2. The minimum absolute atomic E-state index is 0.205. The lowest BCUT2D eigenvalue weighted by Gasteiger charge is -2.35. The van der Waals surface area contributed by atoms with Crippen LogP contribution in [0.15, 0.2) is 48.5 Å². The molecule has 8 heteroatoms. The molecule has 0 amide bonds. The zero-order valence-corrected chi connectivity index (χ0v) is 18.8. The van der Waals surface area contributed by atoms with Crippen molar-refractivity contribution in [3.8, 4) is 0 Å². The molecule has 2 N–H and O–H groups in total. The van der Waals surface area contributed by atoms with Crippen LogP contribution in [-0.4, -0.2) is 29.2 Å². The van der Waals surface area contributed by atoms with Crippen LogP contribution >= 0.6 is 12.2 Å². The van der Waals surface area contributed by atoms with Crippen LogP contribution in [-0.2, 0) is 6.18 Å². The third-order valence-corrected chi connectivity index (χ3v) is 5.94. The Labute approximate surface area is 190 Å². The van der Waals surface area contributed by atoms with Crippen LogP contribution in [0.2, 0.25) is 0 Å². The molecule has 2 aromatic carbocycles. The third kappa shape index (κ3) is 5.12. The van der Waals surface area contributed by atoms with Gasteiger partial charge in [-0.2, -0.15) is 13.2 Å². The number of hydrogen-bond donors (Lipinski definition) is 2. The molecule has 2 heterocycles. The number of alkyl halides is 3. The lowest BCUT2D eigenvalue weighted by atomic mass is 10.0. The molecule has 1 fully saturated rings. The first-order valence-electron chi connectivity index (χ1n) is 10.6. The zero-order valence-electron chi connectivity index (χ0n) is 18.0. The smallest absolute Gasteiger partial charge is 0.371 e. The van der Waals surface area contributed by atoms with Crippen LogP contribution in [0.25, 0.3) is 10.9 Å². The number of hydrogen-bond acceptors (Lipinski definition) is 3. The van der Waals surface area contributed by atoms with Crippen molar-refractivity contribution in [3.05, 3.63) is 65.4 Å². The number of nitrogens with zero attached hydrogens (tertiary/aromatic N) is 2. The molecule has 0 saturated carbocycles. The summed E-state index contributed by atoms with van der Waals surface area (Å²) in [5.41, 5.74) is 3.64. The van der Waals surface area contributed by atoms with Gasteiger partial charge < -0.3 is 15.5 Å². The van der Waals surface area contributed by atoms with Crippen LogP contribution in [0.3, 0.4) is 0 Å². The highest BCUT2D eigenvalue weighted by Gasteiger charge is 2.31. The predicted octanol–water partition coefficient (Wildman–Crippen LogP) is 5.83. The molecule has 1 saturated heterocycles. The van der Waals surface area contributed by atoms with Crippen molar-refractivity contribution < 1.29 is 13.2 Å². The molecule has 0 spiro atoms. The van der Waals surface area contributed by atoms with E-state index in [0.717, 1.165) is 49.1 Å². The van der Waals surface area contributed by atoms with Gasteiger partial charge in [-0.05, 0) is 75.3 Å². The third-order valence-electron chi connectivity index (χ3n) is 5.72. The van der Waals surface area contributed by atoms with E-state index >= 15 is 0 Å². The number of piperidine rings is 1. The highest BCUT2D eigenvalue weighted by molar-refractivity contribution is 7.80. The van der Waals surface area contributed by atoms with E-state index in [1.807, 2.05) is 44.2 Å². The van der Waals surface area contributed by atoms with E-state index in [2.05, 4.69) is 20.5 Å². The Balaban J connectivity index is 1.44. The van der Waals surface area contributed by atoms with Crippen molar-refractivity contribution in [2.45, 2.75) is 38.9 Å². The van der Waals surface area contributed by atoms with Gasteiger partial charge >= 0.3 is 6.18 Å². The number of pyridine rings is 1. The summed E-state index contributed by atoms with van der Waals surface area (Å²) in [6.45, 7) is 5.34. The molecule has 0 atom stereocenters. The molecule has 4 nitrogen and oxygen atoms in total. The molecule has 1 aliphatic heterocycles. The minimum Gasteiger partial charge on any atom is -0.371 e. The SMILES string of the molecule is Cc1ccc(NC(=S)NC2CCN(c3cc(C)nc4ccc(C(F)(F)F)cc34)CC2)cc1. The molecule has 4 rings (SSSR count). The average molecular weight is 459 g/mol. The van der Waals surface area contributed by atoms with Gasteiger partial charge in [0, 0.05) is 41.6 Å². The summed E-state index contributed by atoms with van der Waals surface area (Å²) in [5, 5.41) is 7.68. The molecule has 1 aliphatic rings. The fraction of sp³-hybridized carbons (Fsp3) is 0.333. The normalized spacial score (nSPS) is 15.1. The van der Waals surface area contributed by atoms with Gasteiger partial charge in [0.2, 0.25) is 0 Å². The molecule has 0 bridgehead atoms. The summed E-state index contributed by atoms with van der Waals surface area (Å²) in [4.78, 5) is 6.57. The van der Waals surface area contributed by atoms with Crippen molar-refractivity contribution in [2.24, 2.45) is 0 Å². The van der Waals surface area contributed by atoms with Crippen LogP contribution < -0.4 is 15.5 Å². The number of rotatable bonds is 3. The lowest BCUT2D eigenvalue weighted by Crippen LogP contribution is -2.46. The Bertz CT molecular complexity index is 1120. The Morgan fingerprint density at radius 1 is 1.03 bits per heavy atom. The van der Waals surface area contributed by atoms with E-state index < -0.39 is 11.7 Å². The predicted molar refractivity (Wildman–Crippen MR) is 127 cm³/mol. The van der Waals surface area contributed by atoms with Crippen molar-refractivity contribution in [1.29, 1.82) is 0 Å². The van der Waals surface area contributed by atoms with Gasteiger partial charge in [0.1, 0.15) is 0 Å². The van der Waals surface area contributed by atoms with E-state index in [4.69, 9.17) is 12.2 Å². The maximum absolute atomic E-state index is 13.3. The number of benzene rings is 2. The van der Waals surface area contributed by atoms with Gasteiger partial charge in [-0.25, -0.2) is 0 Å². The fourth-order valence-corrected chi connectivity index (χ4v) is 4.31. The van der Waals surface area contributed by atoms with Crippen LogP contribution in [0.1, 0.15) is 29.7 Å². The second-order valence-corrected chi connectivity index (χ2v) is 8.65. The topological polar surface area (TPSA) is 40.2 Å². The van der Waals surface area contributed by atoms with E-state index in [1.165, 1.54) is 17.7 Å². The van der Waals surface area contributed by atoms with Crippen LogP contribution in [0.4, 0.5) is 24.5 Å². The summed E-state index contributed by atoms with van der Waals surface area (Å²) in [6.07, 6.45) is -2.72. The number of aromatic nitrogens is 1. The molecule has 0 radical (unpaired) electrons. The maximum Gasteiger partial charge on any atom is 0.416 e. The quantitative estimate of drug-likeness (QED) is 0.484. The molecule has 0 aliphatic carbocycles. The van der Waals surface area contributed by atoms with E-state index in [9.17, 15) is 13.2 Å². The van der Waals surface area contributed by atoms with Crippen molar-refractivity contribution >= 4 is 39.6 Å². The van der Waals surface area contributed by atoms with Crippen molar-refractivity contribution in [1.82, 2.24) is 10.3 Å². The Morgan fingerprint density at radius 3 is 2.38 bits per heavy atom. The van der Waals surface area contributed by atoms with Gasteiger partial charge in [-0.15, -0.1) is 0 Å². The van der Waals surface area contributed by atoms with E-state index in [-0.39, 0.29) is 6.04 Å². The summed E-state index contributed by atoms with van der Waals surface area (Å²) in [7, 11) is 0. The summed E-state index contributed by atoms with van der Waals surface area (Å²) < 4.78 is 39.8. The molecule has 168 valence electrons. The molecule has 1 aromatic heterocycles. The number of thiocarbonyl (C=S) groups is 1.